The van der Waals surface area contributed by atoms with Crippen LogP contribution in [-0.4, -0.2) is 17.6 Å². The molecule has 0 saturated heterocycles. The number of rotatable bonds is 4. The van der Waals surface area contributed by atoms with Gasteiger partial charge in [0.05, 0.1) is 0 Å². The van der Waals surface area contributed by atoms with Gasteiger partial charge in [-0.3, -0.25) is 4.79 Å². The molecule has 0 aliphatic carbocycles. The average Bonchev–Trinajstić information content (AvgIpc) is 2.39. The number of phenolic OH excluding ortho intramolecular Hbond substituents is 1. The predicted octanol–water partition coefficient (Wildman–Crippen LogP) is 3.06. The van der Waals surface area contributed by atoms with E-state index in [2.05, 4.69) is 5.32 Å². The second-order valence-electron chi connectivity index (χ2n) is 3.84. The molecular weight excluding hydrogens is 266 g/mol. The van der Waals surface area contributed by atoms with Crippen molar-refractivity contribution in [2.45, 2.75) is 0 Å². The molecular formula is C14H12ClNO3. The number of anilines is 1. The van der Waals surface area contributed by atoms with Gasteiger partial charge >= 0.3 is 0 Å². The van der Waals surface area contributed by atoms with E-state index in [9.17, 15) is 9.90 Å². The molecule has 19 heavy (non-hydrogen) atoms. The highest BCUT2D eigenvalue weighted by Gasteiger charge is 2.04. The van der Waals surface area contributed by atoms with Crippen LogP contribution < -0.4 is 10.1 Å². The summed E-state index contributed by atoms with van der Waals surface area (Å²) in [6, 6.07) is 13.1. The molecule has 2 rings (SSSR count). The molecule has 98 valence electrons. The molecule has 0 aliphatic rings. The minimum Gasteiger partial charge on any atom is -0.508 e. The first kappa shape index (κ1) is 13.2. The van der Waals surface area contributed by atoms with E-state index in [1.807, 2.05) is 0 Å². The molecule has 0 aromatic heterocycles. The summed E-state index contributed by atoms with van der Waals surface area (Å²) in [6.45, 7) is -0.133. The standard InChI is InChI=1S/C14H12ClNO3/c15-10-4-6-11(7-5-10)16-14(18)9-19-13-3-1-2-12(17)8-13/h1-8,17H,9H2,(H,16,18). The van der Waals surface area contributed by atoms with Crippen LogP contribution in [0.1, 0.15) is 0 Å². The molecule has 4 nitrogen and oxygen atoms in total. The molecule has 0 fully saturated rings. The lowest BCUT2D eigenvalue weighted by atomic mass is 10.3. The van der Waals surface area contributed by atoms with Crippen molar-refractivity contribution in [1.82, 2.24) is 0 Å². The summed E-state index contributed by atoms with van der Waals surface area (Å²) in [5, 5.41) is 12.5. The second-order valence-corrected chi connectivity index (χ2v) is 4.28. The van der Waals surface area contributed by atoms with E-state index in [-0.39, 0.29) is 18.3 Å². The fourth-order valence-electron chi connectivity index (χ4n) is 1.45. The maximum atomic E-state index is 11.6. The molecule has 2 N–H and O–H groups in total. The van der Waals surface area contributed by atoms with E-state index >= 15 is 0 Å². The van der Waals surface area contributed by atoms with Gasteiger partial charge in [0.15, 0.2) is 6.61 Å². The van der Waals surface area contributed by atoms with Gasteiger partial charge in [-0.1, -0.05) is 17.7 Å². The number of ether oxygens (including phenoxy) is 1. The Morgan fingerprint density at radius 3 is 2.63 bits per heavy atom. The van der Waals surface area contributed by atoms with E-state index in [4.69, 9.17) is 16.3 Å². The van der Waals surface area contributed by atoms with Gasteiger partial charge < -0.3 is 15.2 Å². The Morgan fingerprint density at radius 1 is 1.21 bits per heavy atom. The van der Waals surface area contributed by atoms with Gasteiger partial charge in [-0.2, -0.15) is 0 Å². The lowest BCUT2D eigenvalue weighted by Crippen LogP contribution is -2.20. The highest BCUT2D eigenvalue weighted by atomic mass is 35.5. The number of halogens is 1. The van der Waals surface area contributed by atoms with E-state index < -0.39 is 0 Å². The second kappa shape index (κ2) is 6.11. The van der Waals surface area contributed by atoms with Gasteiger partial charge in [0.1, 0.15) is 11.5 Å². The first-order valence-corrected chi connectivity index (χ1v) is 5.98. The van der Waals surface area contributed by atoms with Crippen molar-refractivity contribution in [3.63, 3.8) is 0 Å². The molecule has 0 unspecified atom stereocenters. The minimum absolute atomic E-state index is 0.0932. The van der Waals surface area contributed by atoms with Gasteiger partial charge in [-0.15, -0.1) is 0 Å². The third-order valence-corrected chi connectivity index (χ3v) is 2.57. The predicted molar refractivity (Wildman–Crippen MR) is 73.7 cm³/mol. The van der Waals surface area contributed by atoms with Gasteiger partial charge in [0.2, 0.25) is 0 Å². The van der Waals surface area contributed by atoms with Gasteiger partial charge in [-0.05, 0) is 36.4 Å². The summed E-state index contributed by atoms with van der Waals surface area (Å²) in [7, 11) is 0. The summed E-state index contributed by atoms with van der Waals surface area (Å²) >= 11 is 5.74. The zero-order chi connectivity index (χ0) is 13.7. The van der Waals surface area contributed by atoms with Crippen LogP contribution in [0.15, 0.2) is 48.5 Å². The minimum atomic E-state index is -0.286. The number of phenols is 1. The van der Waals surface area contributed by atoms with Crippen molar-refractivity contribution in [3.05, 3.63) is 53.6 Å². The third-order valence-electron chi connectivity index (χ3n) is 2.32. The van der Waals surface area contributed by atoms with Crippen molar-refractivity contribution >= 4 is 23.2 Å². The molecule has 0 aliphatic heterocycles. The van der Waals surface area contributed by atoms with Crippen molar-refractivity contribution in [1.29, 1.82) is 0 Å². The van der Waals surface area contributed by atoms with E-state index in [0.29, 0.717) is 16.5 Å². The number of carbonyl (C=O) groups excluding carboxylic acids is 1. The number of aromatic hydroxyl groups is 1. The summed E-state index contributed by atoms with van der Waals surface area (Å²) < 4.78 is 5.25. The van der Waals surface area contributed by atoms with Gasteiger partial charge in [0, 0.05) is 16.8 Å². The zero-order valence-electron chi connectivity index (χ0n) is 9.97. The van der Waals surface area contributed by atoms with E-state index in [0.717, 1.165) is 0 Å². The molecule has 0 heterocycles. The Hall–Kier alpha value is -2.20. The van der Waals surface area contributed by atoms with Crippen molar-refractivity contribution in [3.8, 4) is 11.5 Å². The quantitative estimate of drug-likeness (QED) is 0.903. The maximum Gasteiger partial charge on any atom is 0.262 e. The van der Waals surface area contributed by atoms with E-state index in [1.54, 1.807) is 36.4 Å². The van der Waals surface area contributed by atoms with Gasteiger partial charge in [0.25, 0.3) is 5.91 Å². The van der Waals surface area contributed by atoms with Crippen LogP contribution in [0.25, 0.3) is 0 Å². The molecule has 0 bridgehead atoms. The lowest BCUT2D eigenvalue weighted by Gasteiger charge is -2.07. The lowest BCUT2D eigenvalue weighted by molar-refractivity contribution is -0.118. The topological polar surface area (TPSA) is 58.6 Å². The summed E-state index contributed by atoms with van der Waals surface area (Å²) in [5.41, 5.74) is 0.647. The van der Waals surface area contributed by atoms with Crippen LogP contribution in [0.2, 0.25) is 5.02 Å². The van der Waals surface area contributed by atoms with Gasteiger partial charge in [-0.25, -0.2) is 0 Å². The van der Waals surface area contributed by atoms with Crippen molar-refractivity contribution in [2.24, 2.45) is 0 Å². The first-order valence-electron chi connectivity index (χ1n) is 5.61. The Morgan fingerprint density at radius 2 is 1.95 bits per heavy atom. The molecule has 0 atom stereocenters. The number of hydrogen-bond donors (Lipinski definition) is 2. The Kier molecular flexibility index (Phi) is 4.26. The van der Waals surface area contributed by atoms with Crippen LogP contribution in [0.3, 0.4) is 0 Å². The molecule has 0 saturated carbocycles. The number of amides is 1. The summed E-state index contributed by atoms with van der Waals surface area (Å²) in [4.78, 5) is 11.6. The van der Waals surface area contributed by atoms with Crippen molar-refractivity contribution < 1.29 is 14.6 Å². The third kappa shape index (κ3) is 4.19. The van der Waals surface area contributed by atoms with Crippen LogP contribution in [0, 0.1) is 0 Å². The monoisotopic (exact) mass is 277 g/mol. The first-order chi connectivity index (χ1) is 9.13. The number of benzene rings is 2. The molecule has 0 spiro atoms. The largest absolute Gasteiger partial charge is 0.508 e. The van der Waals surface area contributed by atoms with Crippen LogP contribution >= 0.6 is 11.6 Å². The van der Waals surface area contributed by atoms with Crippen LogP contribution in [-0.2, 0) is 4.79 Å². The maximum absolute atomic E-state index is 11.6. The Labute approximate surface area is 115 Å². The normalized spacial score (nSPS) is 9.95. The zero-order valence-corrected chi connectivity index (χ0v) is 10.7. The fraction of sp³-hybridized carbons (Fsp3) is 0.0714. The van der Waals surface area contributed by atoms with E-state index in [1.165, 1.54) is 12.1 Å². The average molecular weight is 278 g/mol. The molecule has 1 amide bonds. The SMILES string of the molecule is O=C(COc1cccc(O)c1)Nc1ccc(Cl)cc1. The summed E-state index contributed by atoms with van der Waals surface area (Å²) in [6.07, 6.45) is 0. The Bertz CT molecular complexity index is 569. The number of nitrogens with one attached hydrogen (secondary N) is 1. The molecule has 2 aromatic carbocycles. The molecule has 5 heteroatoms. The molecule has 0 radical (unpaired) electrons. The number of carbonyl (C=O) groups is 1. The smallest absolute Gasteiger partial charge is 0.262 e. The number of hydrogen-bond acceptors (Lipinski definition) is 3. The highest BCUT2D eigenvalue weighted by molar-refractivity contribution is 6.30. The summed E-state index contributed by atoms with van der Waals surface area (Å²) in [5.74, 6) is 0.243. The van der Waals surface area contributed by atoms with Crippen molar-refractivity contribution in [2.75, 3.05) is 11.9 Å². The Balaban J connectivity index is 1.86. The molecule has 2 aromatic rings. The van der Waals surface area contributed by atoms with Crippen LogP contribution in [0.5, 0.6) is 11.5 Å². The fourth-order valence-corrected chi connectivity index (χ4v) is 1.58. The van der Waals surface area contributed by atoms with Crippen LogP contribution in [0.4, 0.5) is 5.69 Å². The highest BCUT2D eigenvalue weighted by Crippen LogP contribution is 2.17.